The average molecular weight is 310 g/mol. The standard InChI is InChI=1S/C17H26O5/c1-10-5-13(20)7-12(9-18)14-8-16(3,4)17(14,21)15(6-10)22-11(2)19/h5,7,13-15,18,20-21H,6,8-9H2,1-4H3/b10-5-,12-7-/t13-,14-,15+,17-/m1/s1. The first-order valence-electron chi connectivity index (χ1n) is 7.68. The third kappa shape index (κ3) is 2.73. The van der Waals surface area contributed by atoms with Gasteiger partial charge in [-0.25, -0.2) is 0 Å². The second kappa shape index (κ2) is 5.80. The molecule has 5 heteroatoms. The van der Waals surface area contributed by atoms with Crippen molar-refractivity contribution in [3.05, 3.63) is 23.3 Å². The van der Waals surface area contributed by atoms with Gasteiger partial charge in [0.05, 0.1) is 12.7 Å². The molecule has 0 aromatic heterocycles. The SMILES string of the molecule is CC(=O)O[C@H]1C/C(C)=C\[C@@H](O)/C=C(/CO)[C@H]2CC(C)(C)[C@]12O. The molecule has 0 saturated heterocycles. The van der Waals surface area contributed by atoms with Crippen LogP contribution in [0.15, 0.2) is 23.3 Å². The zero-order valence-electron chi connectivity index (χ0n) is 13.7. The number of carbonyl (C=O) groups is 1. The summed E-state index contributed by atoms with van der Waals surface area (Å²) in [4.78, 5) is 11.5. The largest absolute Gasteiger partial charge is 0.459 e. The summed E-state index contributed by atoms with van der Waals surface area (Å²) in [5.41, 5.74) is -0.268. The lowest BCUT2D eigenvalue weighted by molar-refractivity contribution is -0.250. The summed E-state index contributed by atoms with van der Waals surface area (Å²) in [6.07, 6.45) is 2.76. The predicted molar refractivity (Wildman–Crippen MR) is 81.9 cm³/mol. The lowest BCUT2D eigenvalue weighted by Gasteiger charge is -2.61. The van der Waals surface area contributed by atoms with E-state index in [0.29, 0.717) is 18.4 Å². The van der Waals surface area contributed by atoms with Gasteiger partial charge < -0.3 is 20.1 Å². The van der Waals surface area contributed by atoms with E-state index in [1.54, 1.807) is 12.2 Å². The second-order valence-corrected chi connectivity index (χ2v) is 7.17. The fourth-order valence-electron chi connectivity index (χ4n) is 3.93. The lowest BCUT2D eigenvalue weighted by Crippen LogP contribution is -2.69. The van der Waals surface area contributed by atoms with Crippen molar-refractivity contribution in [3.8, 4) is 0 Å². The van der Waals surface area contributed by atoms with Crippen molar-refractivity contribution in [1.82, 2.24) is 0 Å². The van der Waals surface area contributed by atoms with Crippen molar-refractivity contribution in [3.63, 3.8) is 0 Å². The quantitative estimate of drug-likeness (QED) is 0.529. The Labute approximate surface area is 131 Å². The molecule has 1 fully saturated rings. The van der Waals surface area contributed by atoms with E-state index in [-0.39, 0.29) is 12.5 Å². The molecule has 0 aromatic rings. The van der Waals surface area contributed by atoms with Crippen LogP contribution in [-0.4, -0.2) is 45.7 Å². The van der Waals surface area contributed by atoms with Crippen molar-refractivity contribution < 1.29 is 24.9 Å². The van der Waals surface area contributed by atoms with Crippen LogP contribution in [0.1, 0.15) is 40.5 Å². The van der Waals surface area contributed by atoms with Gasteiger partial charge in [0.15, 0.2) is 0 Å². The van der Waals surface area contributed by atoms with Gasteiger partial charge in [0.25, 0.3) is 0 Å². The minimum Gasteiger partial charge on any atom is -0.459 e. The summed E-state index contributed by atoms with van der Waals surface area (Å²) < 4.78 is 5.43. The summed E-state index contributed by atoms with van der Waals surface area (Å²) in [7, 11) is 0. The molecule has 5 nitrogen and oxygen atoms in total. The van der Waals surface area contributed by atoms with Crippen molar-refractivity contribution in [2.24, 2.45) is 11.3 Å². The number of esters is 1. The smallest absolute Gasteiger partial charge is 0.303 e. The highest BCUT2D eigenvalue weighted by molar-refractivity contribution is 5.66. The Kier molecular flexibility index (Phi) is 4.53. The number of fused-ring (bicyclic) bond motifs is 1. The normalized spacial score (nSPS) is 42.2. The zero-order valence-corrected chi connectivity index (χ0v) is 13.7. The summed E-state index contributed by atoms with van der Waals surface area (Å²) in [5.74, 6) is -0.771. The van der Waals surface area contributed by atoms with E-state index in [2.05, 4.69) is 0 Å². The van der Waals surface area contributed by atoms with E-state index >= 15 is 0 Å². The van der Waals surface area contributed by atoms with Gasteiger partial charge in [0.1, 0.15) is 11.7 Å². The number of carbonyl (C=O) groups excluding carboxylic acids is 1. The maximum Gasteiger partial charge on any atom is 0.303 e. The van der Waals surface area contributed by atoms with Crippen LogP contribution in [0.3, 0.4) is 0 Å². The molecule has 1 saturated carbocycles. The van der Waals surface area contributed by atoms with Crippen LogP contribution in [0.5, 0.6) is 0 Å². The van der Waals surface area contributed by atoms with E-state index in [4.69, 9.17) is 4.74 Å². The number of aliphatic hydroxyl groups excluding tert-OH is 2. The molecule has 22 heavy (non-hydrogen) atoms. The van der Waals surface area contributed by atoms with Crippen LogP contribution in [0, 0.1) is 11.3 Å². The summed E-state index contributed by atoms with van der Waals surface area (Å²) in [5, 5.41) is 31.1. The molecular formula is C17H26O5. The number of hydrogen-bond acceptors (Lipinski definition) is 5. The zero-order chi connectivity index (χ0) is 16.7. The topological polar surface area (TPSA) is 87.0 Å². The fraction of sp³-hybridized carbons (Fsp3) is 0.706. The Bertz CT molecular complexity index is 519. The molecule has 0 spiro atoms. The third-order valence-corrected chi connectivity index (χ3v) is 5.11. The molecule has 0 aliphatic heterocycles. The molecule has 2 aliphatic carbocycles. The molecule has 0 radical (unpaired) electrons. The van der Waals surface area contributed by atoms with Crippen LogP contribution in [0.4, 0.5) is 0 Å². The second-order valence-electron chi connectivity index (χ2n) is 7.17. The summed E-state index contributed by atoms with van der Waals surface area (Å²) >= 11 is 0. The Morgan fingerprint density at radius 3 is 2.55 bits per heavy atom. The summed E-state index contributed by atoms with van der Waals surface area (Å²) in [6.45, 7) is 6.79. The molecule has 124 valence electrons. The molecule has 3 N–H and O–H groups in total. The molecule has 0 aromatic carbocycles. The predicted octanol–water partition coefficient (Wildman–Crippen LogP) is 1.32. The Morgan fingerprint density at radius 2 is 2.05 bits per heavy atom. The molecule has 0 heterocycles. The third-order valence-electron chi connectivity index (χ3n) is 5.11. The molecule has 2 rings (SSSR count). The van der Waals surface area contributed by atoms with E-state index in [9.17, 15) is 20.1 Å². The highest BCUT2D eigenvalue weighted by Gasteiger charge is 2.65. The van der Waals surface area contributed by atoms with Crippen LogP contribution in [-0.2, 0) is 9.53 Å². The highest BCUT2D eigenvalue weighted by Crippen LogP contribution is 2.59. The average Bonchev–Trinajstić information content (AvgIpc) is 2.42. The van der Waals surface area contributed by atoms with Gasteiger partial charge in [-0.2, -0.15) is 0 Å². The van der Waals surface area contributed by atoms with Crippen molar-refractivity contribution in [2.45, 2.75) is 58.3 Å². The molecule has 2 aliphatic rings. The highest BCUT2D eigenvalue weighted by atomic mass is 16.6. The van der Waals surface area contributed by atoms with Gasteiger partial charge in [-0.1, -0.05) is 31.6 Å². The number of aliphatic hydroxyl groups is 3. The van der Waals surface area contributed by atoms with Crippen LogP contribution in [0.25, 0.3) is 0 Å². The maximum absolute atomic E-state index is 11.5. The molecule has 4 atom stereocenters. The Morgan fingerprint density at radius 1 is 1.41 bits per heavy atom. The van der Waals surface area contributed by atoms with Crippen LogP contribution < -0.4 is 0 Å². The maximum atomic E-state index is 11.5. The monoisotopic (exact) mass is 310 g/mol. The lowest BCUT2D eigenvalue weighted by atomic mass is 9.48. The number of rotatable bonds is 2. The molecular weight excluding hydrogens is 284 g/mol. The van der Waals surface area contributed by atoms with Gasteiger partial charge in [-0.05, 0) is 24.3 Å². The van der Waals surface area contributed by atoms with Gasteiger partial charge >= 0.3 is 5.97 Å². The Hall–Kier alpha value is -1.17. The Balaban J connectivity index is 2.51. The molecule has 0 bridgehead atoms. The summed E-state index contributed by atoms with van der Waals surface area (Å²) in [6, 6.07) is 0. The van der Waals surface area contributed by atoms with E-state index in [1.165, 1.54) is 6.92 Å². The number of ether oxygens (including phenoxy) is 1. The first kappa shape index (κ1) is 17.2. The van der Waals surface area contributed by atoms with Crippen molar-refractivity contribution >= 4 is 5.97 Å². The van der Waals surface area contributed by atoms with Crippen LogP contribution >= 0.6 is 0 Å². The molecule has 0 unspecified atom stereocenters. The van der Waals surface area contributed by atoms with Crippen LogP contribution in [0.2, 0.25) is 0 Å². The van der Waals surface area contributed by atoms with E-state index in [0.717, 1.165) is 5.57 Å². The van der Waals surface area contributed by atoms with Gasteiger partial charge in [0, 0.05) is 19.3 Å². The van der Waals surface area contributed by atoms with Gasteiger partial charge in [-0.15, -0.1) is 0 Å². The van der Waals surface area contributed by atoms with E-state index < -0.39 is 29.2 Å². The van der Waals surface area contributed by atoms with E-state index in [1.807, 2.05) is 20.8 Å². The number of hydrogen-bond donors (Lipinski definition) is 3. The van der Waals surface area contributed by atoms with Gasteiger partial charge in [0.2, 0.25) is 0 Å². The van der Waals surface area contributed by atoms with Crippen molar-refractivity contribution in [2.75, 3.05) is 6.61 Å². The minimum absolute atomic E-state index is 0.236. The molecule has 0 amide bonds. The van der Waals surface area contributed by atoms with Gasteiger partial charge in [-0.3, -0.25) is 4.79 Å². The first-order chi connectivity index (χ1) is 10.1. The minimum atomic E-state index is -1.26. The fourth-order valence-corrected chi connectivity index (χ4v) is 3.93. The van der Waals surface area contributed by atoms with Crippen molar-refractivity contribution in [1.29, 1.82) is 0 Å². The first-order valence-corrected chi connectivity index (χ1v) is 7.68.